The summed E-state index contributed by atoms with van der Waals surface area (Å²) in [4.78, 5) is 14.6. The number of carbonyl (C=O) groups excluding carboxylic acids is 1. The molecule has 0 bridgehead atoms. The second kappa shape index (κ2) is 5.59. The quantitative estimate of drug-likeness (QED) is 0.894. The van der Waals surface area contributed by atoms with Crippen LogP contribution in [0.2, 0.25) is 5.02 Å². The molecule has 2 aliphatic rings. The molecule has 1 saturated carbocycles. The minimum absolute atomic E-state index is 0.0495. The smallest absolute Gasteiger partial charge is 0.227 e. The first-order valence-electron chi connectivity index (χ1n) is 7.45. The number of amides is 1. The summed E-state index contributed by atoms with van der Waals surface area (Å²) >= 11 is 6.05. The maximum absolute atomic E-state index is 12.5. The largest absolute Gasteiger partial charge is 0.392 e. The highest BCUT2D eigenvalue weighted by Crippen LogP contribution is 2.46. The Balaban J connectivity index is 1.72. The Bertz CT molecular complexity index is 545. The van der Waals surface area contributed by atoms with Gasteiger partial charge in [0.15, 0.2) is 0 Å². The van der Waals surface area contributed by atoms with Crippen LogP contribution in [0.4, 0.5) is 0 Å². The zero-order valence-corrected chi connectivity index (χ0v) is 12.9. The summed E-state index contributed by atoms with van der Waals surface area (Å²) in [5.41, 5.74) is 0.777. The number of aliphatic hydroxyl groups excluding tert-OH is 1. The van der Waals surface area contributed by atoms with Crippen molar-refractivity contribution in [1.29, 1.82) is 0 Å². The monoisotopic (exact) mass is 308 g/mol. The molecule has 1 aromatic carbocycles. The van der Waals surface area contributed by atoms with Crippen LogP contribution in [-0.2, 0) is 10.3 Å². The molecular formula is C16H21ClN2O2. The summed E-state index contributed by atoms with van der Waals surface area (Å²) in [7, 11) is 1.98. The number of benzene rings is 1. The molecule has 1 aliphatic carbocycles. The highest BCUT2D eigenvalue weighted by molar-refractivity contribution is 6.30. The number of nitrogens with zero attached hydrogens (tertiary/aromatic N) is 1. The van der Waals surface area contributed by atoms with Crippen LogP contribution in [0.3, 0.4) is 0 Å². The second-order valence-corrected chi connectivity index (χ2v) is 6.74. The summed E-state index contributed by atoms with van der Waals surface area (Å²) in [6.45, 7) is 1.45. The van der Waals surface area contributed by atoms with E-state index < -0.39 is 6.10 Å². The predicted molar refractivity (Wildman–Crippen MR) is 82.1 cm³/mol. The van der Waals surface area contributed by atoms with Gasteiger partial charge in [-0.3, -0.25) is 4.79 Å². The molecule has 2 N–H and O–H groups in total. The molecule has 0 spiro atoms. The van der Waals surface area contributed by atoms with E-state index in [4.69, 9.17) is 11.6 Å². The van der Waals surface area contributed by atoms with E-state index in [-0.39, 0.29) is 17.4 Å². The van der Waals surface area contributed by atoms with Crippen LogP contribution in [-0.4, -0.2) is 42.2 Å². The number of likely N-dealkylation sites (tertiary alicyclic amines) is 1. The molecule has 1 heterocycles. The van der Waals surface area contributed by atoms with E-state index in [1.165, 1.54) is 0 Å². The maximum Gasteiger partial charge on any atom is 0.227 e. The van der Waals surface area contributed by atoms with Crippen molar-refractivity contribution in [3.8, 4) is 0 Å². The second-order valence-electron chi connectivity index (χ2n) is 6.31. The first kappa shape index (κ1) is 14.8. The fourth-order valence-corrected chi connectivity index (χ4v) is 3.28. The van der Waals surface area contributed by atoms with Crippen molar-refractivity contribution in [2.24, 2.45) is 5.92 Å². The van der Waals surface area contributed by atoms with E-state index in [1.807, 2.05) is 31.3 Å². The number of hydrogen-bond acceptors (Lipinski definition) is 3. The SMILES string of the molecule is CN1CC[C@@H](O)[C@H](C(=O)NC2(c3cccc(Cl)c3)CC2)C1. The lowest BCUT2D eigenvalue weighted by molar-refractivity contribution is -0.132. The number of piperidine rings is 1. The van der Waals surface area contributed by atoms with Crippen molar-refractivity contribution < 1.29 is 9.90 Å². The zero-order valence-electron chi connectivity index (χ0n) is 12.2. The fourth-order valence-electron chi connectivity index (χ4n) is 3.09. The van der Waals surface area contributed by atoms with E-state index in [9.17, 15) is 9.90 Å². The maximum atomic E-state index is 12.5. The predicted octanol–water partition coefficient (Wildman–Crippen LogP) is 1.76. The van der Waals surface area contributed by atoms with Gasteiger partial charge in [0, 0.05) is 18.1 Å². The average molecular weight is 309 g/mol. The first-order chi connectivity index (χ1) is 10.00. The van der Waals surface area contributed by atoms with Crippen molar-refractivity contribution in [2.75, 3.05) is 20.1 Å². The minimum atomic E-state index is -0.545. The van der Waals surface area contributed by atoms with Gasteiger partial charge >= 0.3 is 0 Å². The van der Waals surface area contributed by atoms with Gasteiger partial charge in [-0.1, -0.05) is 23.7 Å². The van der Waals surface area contributed by atoms with Gasteiger partial charge in [-0.2, -0.15) is 0 Å². The minimum Gasteiger partial charge on any atom is -0.392 e. The summed E-state index contributed by atoms with van der Waals surface area (Å²) < 4.78 is 0. The van der Waals surface area contributed by atoms with Gasteiger partial charge in [0.2, 0.25) is 5.91 Å². The summed E-state index contributed by atoms with van der Waals surface area (Å²) in [6.07, 6.45) is 1.96. The van der Waals surface area contributed by atoms with Crippen LogP contribution in [0, 0.1) is 5.92 Å². The number of nitrogens with one attached hydrogen (secondary N) is 1. The standard InChI is InChI=1S/C16H21ClN2O2/c1-19-8-5-14(20)13(10-19)15(21)18-16(6-7-16)11-3-2-4-12(17)9-11/h2-4,9,13-14,20H,5-8,10H2,1H3,(H,18,21)/t13-,14-/m1/s1. The molecule has 3 rings (SSSR count). The van der Waals surface area contributed by atoms with Crippen molar-refractivity contribution in [2.45, 2.75) is 30.9 Å². The van der Waals surface area contributed by atoms with Gasteiger partial charge in [-0.05, 0) is 44.0 Å². The lowest BCUT2D eigenvalue weighted by Gasteiger charge is -2.34. The number of halogens is 1. The summed E-state index contributed by atoms with van der Waals surface area (Å²) in [5, 5.41) is 13.9. The molecule has 114 valence electrons. The van der Waals surface area contributed by atoms with E-state index >= 15 is 0 Å². The number of carbonyl (C=O) groups is 1. The Morgan fingerprint density at radius 1 is 1.48 bits per heavy atom. The first-order valence-corrected chi connectivity index (χ1v) is 7.83. The Labute approximate surface area is 130 Å². The van der Waals surface area contributed by atoms with Gasteiger partial charge < -0.3 is 15.3 Å². The van der Waals surface area contributed by atoms with Gasteiger partial charge in [-0.15, -0.1) is 0 Å². The van der Waals surface area contributed by atoms with E-state index in [2.05, 4.69) is 10.2 Å². The van der Waals surface area contributed by atoms with Crippen LogP contribution in [0.15, 0.2) is 24.3 Å². The molecule has 21 heavy (non-hydrogen) atoms. The topological polar surface area (TPSA) is 52.6 Å². The van der Waals surface area contributed by atoms with Crippen molar-refractivity contribution >= 4 is 17.5 Å². The highest BCUT2D eigenvalue weighted by atomic mass is 35.5. The Hall–Kier alpha value is -1.10. The molecule has 2 atom stereocenters. The molecule has 2 fully saturated rings. The molecule has 1 aliphatic heterocycles. The van der Waals surface area contributed by atoms with Gasteiger partial charge in [0.25, 0.3) is 0 Å². The lowest BCUT2D eigenvalue weighted by Crippen LogP contribution is -2.50. The van der Waals surface area contributed by atoms with Crippen LogP contribution in [0.5, 0.6) is 0 Å². The normalized spacial score (nSPS) is 28.1. The highest BCUT2D eigenvalue weighted by Gasteiger charge is 2.47. The average Bonchev–Trinajstić information content (AvgIpc) is 3.22. The molecular weight excluding hydrogens is 288 g/mol. The molecule has 0 unspecified atom stereocenters. The molecule has 1 amide bonds. The molecule has 5 heteroatoms. The molecule has 1 aromatic rings. The zero-order chi connectivity index (χ0) is 15.0. The molecule has 4 nitrogen and oxygen atoms in total. The molecule has 0 radical (unpaired) electrons. The third-order valence-electron chi connectivity index (χ3n) is 4.61. The Morgan fingerprint density at radius 3 is 2.90 bits per heavy atom. The van der Waals surface area contributed by atoms with Gasteiger partial charge in [-0.25, -0.2) is 0 Å². The van der Waals surface area contributed by atoms with Gasteiger partial charge in [0.05, 0.1) is 17.6 Å². The third-order valence-corrected chi connectivity index (χ3v) is 4.84. The van der Waals surface area contributed by atoms with Crippen molar-refractivity contribution in [3.63, 3.8) is 0 Å². The van der Waals surface area contributed by atoms with Crippen LogP contribution in [0.1, 0.15) is 24.8 Å². The summed E-state index contributed by atoms with van der Waals surface area (Å²) in [5.74, 6) is -0.396. The summed E-state index contributed by atoms with van der Waals surface area (Å²) in [6, 6.07) is 7.66. The van der Waals surface area contributed by atoms with E-state index in [0.717, 1.165) is 24.9 Å². The molecule has 1 saturated heterocycles. The number of rotatable bonds is 3. The van der Waals surface area contributed by atoms with Crippen LogP contribution < -0.4 is 5.32 Å². The van der Waals surface area contributed by atoms with Gasteiger partial charge in [0.1, 0.15) is 0 Å². The molecule has 0 aromatic heterocycles. The lowest BCUT2D eigenvalue weighted by atomic mass is 9.93. The Morgan fingerprint density at radius 2 is 2.24 bits per heavy atom. The van der Waals surface area contributed by atoms with Crippen molar-refractivity contribution in [1.82, 2.24) is 10.2 Å². The van der Waals surface area contributed by atoms with E-state index in [0.29, 0.717) is 18.0 Å². The van der Waals surface area contributed by atoms with E-state index in [1.54, 1.807) is 0 Å². The third kappa shape index (κ3) is 3.07. The Kier molecular flexibility index (Phi) is 3.95. The van der Waals surface area contributed by atoms with Crippen LogP contribution >= 0.6 is 11.6 Å². The van der Waals surface area contributed by atoms with Crippen LogP contribution in [0.25, 0.3) is 0 Å². The van der Waals surface area contributed by atoms with Crippen molar-refractivity contribution in [3.05, 3.63) is 34.9 Å². The number of aliphatic hydroxyl groups is 1. The number of hydrogen-bond donors (Lipinski definition) is 2. The fraction of sp³-hybridized carbons (Fsp3) is 0.562.